The third-order valence-electron chi connectivity index (χ3n) is 3.05. The first kappa shape index (κ1) is 16.0. The van der Waals surface area contributed by atoms with Gasteiger partial charge in [-0.25, -0.2) is 9.18 Å². The molecule has 0 N–H and O–H groups in total. The number of rotatable bonds is 5. The summed E-state index contributed by atoms with van der Waals surface area (Å²) in [5.41, 5.74) is -0.0262. The molecule has 8 heteroatoms. The third kappa shape index (κ3) is 3.26. The summed E-state index contributed by atoms with van der Waals surface area (Å²) in [6.07, 6.45) is -3.08. The number of esters is 1. The van der Waals surface area contributed by atoms with Gasteiger partial charge in [-0.3, -0.25) is 0 Å². The van der Waals surface area contributed by atoms with Crippen molar-refractivity contribution in [1.29, 1.82) is 0 Å². The Bertz CT molecular complexity index is 688. The molecule has 0 saturated heterocycles. The molecule has 0 spiro atoms. The van der Waals surface area contributed by atoms with Crippen LogP contribution in [0.5, 0.6) is 0 Å². The lowest BCUT2D eigenvalue weighted by atomic mass is 10.1. The minimum atomic E-state index is -2.41. The summed E-state index contributed by atoms with van der Waals surface area (Å²) in [5.74, 6) is -2.33. The highest BCUT2D eigenvalue weighted by atomic mass is 19.3. The van der Waals surface area contributed by atoms with Crippen molar-refractivity contribution in [2.45, 2.75) is 25.8 Å². The van der Waals surface area contributed by atoms with Crippen LogP contribution >= 0.6 is 0 Å². The van der Waals surface area contributed by atoms with Crippen LogP contribution in [-0.4, -0.2) is 27.6 Å². The molecule has 0 amide bonds. The normalized spacial score (nSPS) is 11.5. The van der Waals surface area contributed by atoms with Gasteiger partial charge < -0.3 is 4.74 Å². The Morgan fingerprint density at radius 2 is 1.73 bits per heavy atom. The monoisotopic (exact) mass is 313 g/mol. The van der Waals surface area contributed by atoms with Crippen LogP contribution in [0.2, 0.25) is 0 Å². The first-order valence-corrected chi connectivity index (χ1v) is 6.52. The minimum absolute atomic E-state index is 0.480. The Labute approximate surface area is 124 Å². The molecule has 0 aliphatic rings. The van der Waals surface area contributed by atoms with Crippen molar-refractivity contribution in [3.05, 3.63) is 36.2 Å². The van der Waals surface area contributed by atoms with E-state index < -0.39 is 36.4 Å². The van der Waals surface area contributed by atoms with E-state index in [0.29, 0.717) is 11.0 Å². The van der Waals surface area contributed by atoms with E-state index in [4.69, 9.17) is 4.74 Å². The molecule has 1 aromatic heterocycles. The molecular formula is C14H14F3N3O2. The van der Waals surface area contributed by atoms with E-state index in [0.717, 1.165) is 0 Å². The molecule has 0 atom stereocenters. The molecule has 0 aliphatic carbocycles. The van der Waals surface area contributed by atoms with Crippen LogP contribution in [0, 0.1) is 0 Å². The van der Waals surface area contributed by atoms with Crippen molar-refractivity contribution >= 4 is 17.0 Å². The highest BCUT2D eigenvalue weighted by Gasteiger charge is 2.34. The molecule has 0 bridgehead atoms. The molecule has 2 rings (SSSR count). The minimum Gasteiger partial charge on any atom is -0.463 e. The van der Waals surface area contributed by atoms with Gasteiger partial charge in [-0.2, -0.15) is 23.8 Å². The van der Waals surface area contributed by atoms with Gasteiger partial charge in [-0.15, -0.1) is 0 Å². The Balaban J connectivity index is 2.08. The van der Waals surface area contributed by atoms with Crippen LogP contribution in [-0.2, 0) is 15.1 Å². The summed E-state index contributed by atoms with van der Waals surface area (Å²) >= 11 is 0. The maximum atomic E-state index is 12.6. The lowest BCUT2D eigenvalue weighted by Gasteiger charge is -2.21. The van der Waals surface area contributed by atoms with Crippen LogP contribution in [0.3, 0.4) is 0 Å². The Morgan fingerprint density at radius 1 is 1.18 bits per heavy atom. The summed E-state index contributed by atoms with van der Waals surface area (Å²) in [4.78, 5) is 13.2. The molecule has 5 nitrogen and oxygen atoms in total. The number of hydrogen-bond donors (Lipinski definition) is 0. The predicted molar refractivity (Wildman–Crippen MR) is 72.8 cm³/mol. The number of benzene rings is 1. The zero-order chi connectivity index (χ0) is 16.3. The zero-order valence-electron chi connectivity index (χ0n) is 12.0. The summed E-state index contributed by atoms with van der Waals surface area (Å²) in [6.45, 7) is 2.57. The van der Waals surface area contributed by atoms with Gasteiger partial charge in [0.2, 0.25) is 0 Å². The lowest BCUT2D eigenvalue weighted by Crippen LogP contribution is -2.39. The number of carbonyl (C=O) groups is 1. The van der Waals surface area contributed by atoms with E-state index in [9.17, 15) is 18.0 Å². The third-order valence-corrected chi connectivity index (χ3v) is 3.05. The van der Waals surface area contributed by atoms with Gasteiger partial charge in [0.1, 0.15) is 11.0 Å². The van der Waals surface area contributed by atoms with E-state index in [1.165, 1.54) is 18.6 Å². The molecule has 0 radical (unpaired) electrons. The van der Waals surface area contributed by atoms with E-state index in [-0.39, 0.29) is 0 Å². The largest absolute Gasteiger partial charge is 0.463 e. The maximum absolute atomic E-state index is 12.6. The summed E-state index contributed by atoms with van der Waals surface area (Å²) in [7, 11) is 0. The number of carbonyl (C=O) groups excluding carboxylic acids is 1. The number of nitrogens with zero attached hydrogens (tertiary/aromatic N) is 3. The smallest absolute Gasteiger partial charge is 0.335 e. The molecule has 0 aliphatic heterocycles. The molecule has 22 heavy (non-hydrogen) atoms. The van der Waals surface area contributed by atoms with Crippen molar-refractivity contribution in [2.75, 3.05) is 6.61 Å². The van der Waals surface area contributed by atoms with E-state index in [1.807, 2.05) is 0 Å². The lowest BCUT2D eigenvalue weighted by molar-refractivity contribution is -0.153. The van der Waals surface area contributed by atoms with Gasteiger partial charge in [0.25, 0.3) is 0 Å². The second-order valence-electron chi connectivity index (χ2n) is 5.09. The van der Waals surface area contributed by atoms with Gasteiger partial charge in [0.15, 0.2) is 11.4 Å². The predicted octanol–water partition coefficient (Wildman–Crippen LogP) is 3.18. The fourth-order valence-corrected chi connectivity index (χ4v) is 1.70. The summed E-state index contributed by atoms with van der Waals surface area (Å²) < 4.78 is 41.3. The van der Waals surface area contributed by atoms with Gasteiger partial charge in [0, 0.05) is 6.42 Å². The first-order chi connectivity index (χ1) is 10.3. The summed E-state index contributed by atoms with van der Waals surface area (Å²) in [5, 5.41) is 8.36. The standard InChI is InChI=1S/C14H14F3N3O2/c1-14(2,13(21)22-8-7-9(15)12(16)17)20-18-10-5-3-4-6-11(10)19-20/h3-6H,7-8H2,1-2H3. The number of fused-ring (bicyclic) bond motifs is 1. The first-order valence-electron chi connectivity index (χ1n) is 6.52. The molecule has 0 unspecified atom stereocenters. The van der Waals surface area contributed by atoms with Crippen molar-refractivity contribution in [2.24, 2.45) is 0 Å². The Hall–Kier alpha value is -2.38. The summed E-state index contributed by atoms with van der Waals surface area (Å²) in [6, 6.07) is 7.05. The van der Waals surface area contributed by atoms with Crippen LogP contribution < -0.4 is 0 Å². The average molecular weight is 313 g/mol. The van der Waals surface area contributed by atoms with Gasteiger partial charge in [0.05, 0.1) is 6.61 Å². The fourth-order valence-electron chi connectivity index (χ4n) is 1.70. The molecule has 118 valence electrons. The number of ether oxygens (including phenoxy) is 1. The average Bonchev–Trinajstić information content (AvgIpc) is 2.91. The fraction of sp³-hybridized carbons (Fsp3) is 0.357. The number of aromatic nitrogens is 3. The second-order valence-corrected chi connectivity index (χ2v) is 5.09. The van der Waals surface area contributed by atoms with Gasteiger partial charge in [-0.05, 0) is 26.0 Å². The quantitative estimate of drug-likeness (QED) is 0.796. The molecule has 0 fully saturated rings. The zero-order valence-corrected chi connectivity index (χ0v) is 12.0. The molecule has 1 heterocycles. The van der Waals surface area contributed by atoms with E-state index in [1.54, 1.807) is 24.3 Å². The van der Waals surface area contributed by atoms with Crippen LogP contribution in [0.1, 0.15) is 20.3 Å². The number of hydrogen-bond acceptors (Lipinski definition) is 4. The number of halogens is 3. The highest BCUT2D eigenvalue weighted by molar-refractivity contribution is 5.79. The van der Waals surface area contributed by atoms with Crippen molar-refractivity contribution in [1.82, 2.24) is 15.0 Å². The van der Waals surface area contributed by atoms with Crippen LogP contribution in [0.25, 0.3) is 11.0 Å². The Kier molecular flexibility index (Phi) is 4.48. The molecular weight excluding hydrogens is 299 g/mol. The molecule has 0 saturated carbocycles. The molecule has 1 aromatic carbocycles. The molecule has 2 aromatic rings. The topological polar surface area (TPSA) is 57.0 Å². The Morgan fingerprint density at radius 3 is 2.23 bits per heavy atom. The van der Waals surface area contributed by atoms with Crippen molar-refractivity contribution in [3.8, 4) is 0 Å². The van der Waals surface area contributed by atoms with Gasteiger partial charge in [-0.1, -0.05) is 12.1 Å². The van der Waals surface area contributed by atoms with E-state index in [2.05, 4.69) is 10.2 Å². The second kappa shape index (κ2) is 6.17. The van der Waals surface area contributed by atoms with E-state index >= 15 is 0 Å². The van der Waals surface area contributed by atoms with Crippen LogP contribution in [0.4, 0.5) is 13.2 Å². The highest BCUT2D eigenvalue weighted by Crippen LogP contribution is 2.19. The maximum Gasteiger partial charge on any atom is 0.335 e. The van der Waals surface area contributed by atoms with Gasteiger partial charge >= 0.3 is 12.0 Å². The van der Waals surface area contributed by atoms with Crippen molar-refractivity contribution < 1.29 is 22.7 Å². The SMILES string of the molecule is CC(C)(C(=O)OCCC(F)=C(F)F)n1nc2ccccc2n1. The van der Waals surface area contributed by atoms with Crippen LogP contribution in [0.15, 0.2) is 36.2 Å². The van der Waals surface area contributed by atoms with Crippen molar-refractivity contribution in [3.63, 3.8) is 0 Å².